The fourth-order valence-corrected chi connectivity index (χ4v) is 2.85. The second-order valence-electron chi connectivity index (χ2n) is 6.94. The van der Waals surface area contributed by atoms with Gasteiger partial charge in [0.25, 0.3) is 0 Å². The minimum absolute atomic E-state index is 0.0710. The van der Waals surface area contributed by atoms with Crippen LogP contribution in [0, 0.1) is 6.92 Å². The van der Waals surface area contributed by atoms with Gasteiger partial charge in [-0.05, 0) is 44.8 Å². The van der Waals surface area contributed by atoms with Gasteiger partial charge >= 0.3 is 0 Å². The average Bonchev–Trinajstić information content (AvgIpc) is 2.17. The summed E-state index contributed by atoms with van der Waals surface area (Å²) in [7, 11) is 1.74. The molecule has 2 heteroatoms. The van der Waals surface area contributed by atoms with Crippen LogP contribution in [-0.2, 0) is 10.8 Å². The van der Waals surface area contributed by atoms with E-state index in [1.807, 2.05) is 0 Å². The minimum atomic E-state index is 0.0710. The second kappa shape index (κ2) is 4.88. The smallest absolute Gasteiger partial charge is 0.137 e. The Labute approximate surface area is 120 Å². The summed E-state index contributed by atoms with van der Waals surface area (Å²) < 4.78 is 6.69. The number of hydrogen-bond donors (Lipinski definition) is 0. The van der Waals surface area contributed by atoms with E-state index >= 15 is 0 Å². The summed E-state index contributed by atoms with van der Waals surface area (Å²) in [4.78, 5) is 0. The minimum Gasteiger partial charge on any atom is -0.495 e. The van der Waals surface area contributed by atoms with Crippen molar-refractivity contribution in [3.63, 3.8) is 0 Å². The van der Waals surface area contributed by atoms with Crippen molar-refractivity contribution in [2.24, 2.45) is 0 Å². The standard InChI is InChI=1S/C16H25BrO/c1-10-11(15(2,3)4)9-12(16(5,6)7)14(18-8)13(10)17/h9H,1-8H3. The zero-order valence-corrected chi connectivity index (χ0v) is 14.4. The highest BCUT2D eigenvalue weighted by Crippen LogP contribution is 2.43. The number of rotatable bonds is 1. The number of benzene rings is 1. The van der Waals surface area contributed by atoms with E-state index in [4.69, 9.17) is 4.74 Å². The lowest BCUT2D eigenvalue weighted by Crippen LogP contribution is -2.19. The first-order chi connectivity index (χ1) is 8.00. The van der Waals surface area contributed by atoms with Gasteiger partial charge in [0.05, 0.1) is 11.6 Å². The molecule has 0 heterocycles. The van der Waals surface area contributed by atoms with Crippen LogP contribution < -0.4 is 4.74 Å². The van der Waals surface area contributed by atoms with Gasteiger partial charge in [-0.2, -0.15) is 0 Å². The lowest BCUT2D eigenvalue weighted by Gasteiger charge is -2.29. The van der Waals surface area contributed by atoms with Gasteiger partial charge < -0.3 is 4.74 Å². The molecule has 1 aromatic rings. The molecule has 0 radical (unpaired) electrons. The third-order valence-electron chi connectivity index (χ3n) is 3.29. The summed E-state index contributed by atoms with van der Waals surface area (Å²) in [5.41, 5.74) is 4.11. The van der Waals surface area contributed by atoms with Gasteiger partial charge in [0.15, 0.2) is 0 Å². The topological polar surface area (TPSA) is 9.23 Å². The molecule has 18 heavy (non-hydrogen) atoms. The summed E-state index contributed by atoms with van der Waals surface area (Å²) in [5.74, 6) is 0.966. The summed E-state index contributed by atoms with van der Waals surface area (Å²) in [6.45, 7) is 15.6. The van der Waals surface area contributed by atoms with Gasteiger partial charge in [0.1, 0.15) is 5.75 Å². The van der Waals surface area contributed by atoms with Crippen molar-refractivity contribution < 1.29 is 4.74 Å². The molecule has 0 aliphatic rings. The first-order valence-corrected chi connectivity index (χ1v) is 7.17. The fraction of sp³-hybridized carbons (Fsp3) is 0.625. The van der Waals surface area contributed by atoms with Crippen LogP contribution in [-0.4, -0.2) is 7.11 Å². The highest BCUT2D eigenvalue weighted by atomic mass is 79.9. The summed E-state index contributed by atoms with van der Waals surface area (Å²) >= 11 is 3.70. The van der Waals surface area contributed by atoms with Crippen molar-refractivity contribution in [2.75, 3.05) is 7.11 Å². The Hall–Kier alpha value is -0.500. The van der Waals surface area contributed by atoms with Crippen LogP contribution in [0.3, 0.4) is 0 Å². The molecule has 0 aromatic heterocycles. The third kappa shape index (κ3) is 2.90. The highest BCUT2D eigenvalue weighted by molar-refractivity contribution is 9.10. The molecule has 0 atom stereocenters. The van der Waals surface area contributed by atoms with Crippen molar-refractivity contribution in [3.05, 3.63) is 27.2 Å². The van der Waals surface area contributed by atoms with Gasteiger partial charge in [0.2, 0.25) is 0 Å². The molecule has 0 fully saturated rings. The molecule has 0 N–H and O–H groups in total. The predicted molar refractivity (Wildman–Crippen MR) is 82.8 cm³/mol. The summed E-state index contributed by atoms with van der Waals surface area (Å²) in [5, 5.41) is 0. The van der Waals surface area contributed by atoms with Crippen LogP contribution in [0.4, 0.5) is 0 Å². The Morgan fingerprint density at radius 1 is 0.944 bits per heavy atom. The van der Waals surface area contributed by atoms with E-state index in [1.165, 1.54) is 16.7 Å². The van der Waals surface area contributed by atoms with Gasteiger partial charge in [-0.15, -0.1) is 0 Å². The number of halogens is 1. The van der Waals surface area contributed by atoms with E-state index in [2.05, 4.69) is 70.5 Å². The zero-order chi connectivity index (χ0) is 14.3. The lowest BCUT2D eigenvalue weighted by molar-refractivity contribution is 0.393. The maximum Gasteiger partial charge on any atom is 0.137 e. The van der Waals surface area contributed by atoms with E-state index < -0.39 is 0 Å². The molecule has 1 nitrogen and oxygen atoms in total. The second-order valence-corrected chi connectivity index (χ2v) is 7.74. The van der Waals surface area contributed by atoms with Crippen LogP contribution in [0.15, 0.2) is 10.5 Å². The number of ether oxygens (including phenoxy) is 1. The van der Waals surface area contributed by atoms with Gasteiger partial charge in [-0.1, -0.05) is 47.6 Å². The van der Waals surface area contributed by atoms with Crippen LogP contribution in [0.2, 0.25) is 0 Å². The molecular weight excluding hydrogens is 288 g/mol. The Kier molecular flexibility index (Phi) is 4.22. The SMILES string of the molecule is COc1c(C(C)(C)C)cc(C(C)(C)C)c(C)c1Br. The van der Waals surface area contributed by atoms with Gasteiger partial charge in [-0.3, -0.25) is 0 Å². The van der Waals surface area contributed by atoms with Crippen LogP contribution in [0.25, 0.3) is 0 Å². The van der Waals surface area contributed by atoms with E-state index in [-0.39, 0.29) is 10.8 Å². The maximum absolute atomic E-state index is 5.60. The number of hydrogen-bond acceptors (Lipinski definition) is 1. The first-order valence-electron chi connectivity index (χ1n) is 6.38. The van der Waals surface area contributed by atoms with E-state index in [1.54, 1.807) is 7.11 Å². The Morgan fingerprint density at radius 2 is 1.39 bits per heavy atom. The molecule has 1 aromatic carbocycles. The molecular formula is C16H25BrO. The summed E-state index contributed by atoms with van der Waals surface area (Å²) in [6, 6.07) is 2.30. The quantitative estimate of drug-likeness (QED) is 0.678. The zero-order valence-electron chi connectivity index (χ0n) is 12.9. The molecule has 0 aliphatic heterocycles. The van der Waals surface area contributed by atoms with Crippen LogP contribution in [0.1, 0.15) is 58.2 Å². The largest absolute Gasteiger partial charge is 0.495 e. The molecule has 0 saturated carbocycles. The van der Waals surface area contributed by atoms with Crippen LogP contribution in [0.5, 0.6) is 5.75 Å². The molecule has 0 bridgehead atoms. The molecule has 0 aliphatic carbocycles. The number of methoxy groups -OCH3 is 1. The molecule has 102 valence electrons. The van der Waals surface area contributed by atoms with Crippen molar-refractivity contribution in [1.29, 1.82) is 0 Å². The Morgan fingerprint density at radius 3 is 1.72 bits per heavy atom. The average molecular weight is 313 g/mol. The van der Waals surface area contributed by atoms with Crippen molar-refractivity contribution in [1.82, 2.24) is 0 Å². The van der Waals surface area contributed by atoms with Crippen molar-refractivity contribution in [2.45, 2.75) is 59.3 Å². The molecule has 0 spiro atoms. The molecule has 0 amide bonds. The molecule has 0 saturated heterocycles. The predicted octanol–water partition coefficient (Wildman–Crippen LogP) is 5.36. The van der Waals surface area contributed by atoms with Crippen molar-refractivity contribution in [3.8, 4) is 5.75 Å². The van der Waals surface area contributed by atoms with E-state index in [9.17, 15) is 0 Å². The third-order valence-corrected chi connectivity index (χ3v) is 4.24. The lowest BCUT2D eigenvalue weighted by atomic mass is 9.78. The van der Waals surface area contributed by atoms with E-state index in [0.717, 1.165) is 10.2 Å². The Balaban J connectivity index is 3.68. The van der Waals surface area contributed by atoms with Gasteiger partial charge in [-0.25, -0.2) is 0 Å². The van der Waals surface area contributed by atoms with Crippen LogP contribution >= 0.6 is 15.9 Å². The summed E-state index contributed by atoms with van der Waals surface area (Å²) in [6.07, 6.45) is 0. The monoisotopic (exact) mass is 312 g/mol. The molecule has 0 unspecified atom stereocenters. The normalized spacial score (nSPS) is 12.7. The Bertz CT molecular complexity index is 448. The molecule has 1 rings (SSSR count). The van der Waals surface area contributed by atoms with Gasteiger partial charge in [0, 0.05) is 5.56 Å². The highest BCUT2D eigenvalue weighted by Gasteiger charge is 2.27. The maximum atomic E-state index is 5.60. The van der Waals surface area contributed by atoms with E-state index in [0.29, 0.717) is 0 Å². The first kappa shape index (κ1) is 15.6. The van der Waals surface area contributed by atoms with Crippen molar-refractivity contribution >= 4 is 15.9 Å². The fourth-order valence-electron chi connectivity index (χ4n) is 2.26.